The largest absolute Gasteiger partial charge is 0.481 e. The molecule has 10 nitrogen and oxygen atoms in total. The summed E-state index contributed by atoms with van der Waals surface area (Å²) in [7, 11) is 0. The summed E-state index contributed by atoms with van der Waals surface area (Å²) in [6, 6.07) is -3.46. The molecule has 5 atom stereocenters. The molecule has 0 aromatic heterocycles. The van der Waals surface area contributed by atoms with Crippen molar-refractivity contribution in [1.82, 2.24) is 15.5 Å². The normalized spacial score (nSPS) is 20.3. The van der Waals surface area contributed by atoms with Gasteiger partial charge in [0.05, 0.1) is 12.1 Å². The Hall–Kier alpha value is -2.49. The molecule has 1 rings (SSSR count). The Morgan fingerprint density at radius 1 is 1.21 bits per heavy atom. The molecule has 0 unspecified atom stereocenters. The number of likely N-dealkylation sites (tertiary alicyclic amines) is 1. The van der Waals surface area contributed by atoms with Gasteiger partial charge in [-0.3, -0.25) is 24.0 Å². The van der Waals surface area contributed by atoms with Crippen LogP contribution in [0.4, 0.5) is 0 Å². The second kappa shape index (κ2) is 11.5. The van der Waals surface area contributed by atoms with Crippen molar-refractivity contribution in [3.63, 3.8) is 0 Å². The van der Waals surface area contributed by atoms with Crippen LogP contribution in [0.25, 0.3) is 0 Å². The van der Waals surface area contributed by atoms with Crippen LogP contribution in [0.5, 0.6) is 0 Å². The Morgan fingerprint density at radius 3 is 2.41 bits per heavy atom. The molecule has 1 fully saturated rings. The minimum absolute atomic E-state index is 0.0535. The smallest absolute Gasteiger partial charge is 0.303 e. The number of rotatable bonds is 11. The minimum atomic E-state index is -1.07. The van der Waals surface area contributed by atoms with Crippen molar-refractivity contribution in [2.75, 3.05) is 6.54 Å². The fourth-order valence-electron chi connectivity index (χ4n) is 3.09. The number of hydrogen-bond donors (Lipinski definition) is 4. The molecule has 0 bridgehead atoms. The molecule has 1 heterocycles. The van der Waals surface area contributed by atoms with E-state index in [0.29, 0.717) is 25.8 Å². The fraction of sp³-hybridized carbons (Fsp3) is 0.737. The van der Waals surface area contributed by atoms with Crippen molar-refractivity contribution < 1.29 is 29.1 Å². The van der Waals surface area contributed by atoms with Gasteiger partial charge in [0.1, 0.15) is 12.1 Å². The average molecular weight is 411 g/mol. The van der Waals surface area contributed by atoms with Crippen molar-refractivity contribution in [1.29, 1.82) is 0 Å². The Kier molecular flexibility index (Phi) is 9.73. The van der Waals surface area contributed by atoms with Gasteiger partial charge in [-0.1, -0.05) is 20.3 Å². The lowest BCUT2D eigenvalue weighted by atomic mass is 9.97. The molecular weight excluding hydrogens is 380 g/mol. The van der Waals surface area contributed by atoms with E-state index in [9.17, 15) is 24.0 Å². The molecule has 0 aromatic rings. The second-order valence-corrected chi connectivity index (χ2v) is 7.45. The highest BCUT2D eigenvalue weighted by molar-refractivity contribution is 5.93. The van der Waals surface area contributed by atoms with Gasteiger partial charge in [0, 0.05) is 13.0 Å². The van der Waals surface area contributed by atoms with Gasteiger partial charge < -0.3 is 26.4 Å². The van der Waals surface area contributed by atoms with Gasteiger partial charge in [0.15, 0.2) is 0 Å². The lowest BCUT2D eigenvalue weighted by Crippen LogP contribution is -2.57. The van der Waals surface area contributed by atoms with E-state index in [4.69, 9.17) is 10.8 Å². The van der Waals surface area contributed by atoms with Crippen molar-refractivity contribution in [3.05, 3.63) is 0 Å². The van der Waals surface area contributed by atoms with Crippen molar-refractivity contribution in [2.24, 2.45) is 11.7 Å². The van der Waals surface area contributed by atoms with Gasteiger partial charge in [0.25, 0.3) is 0 Å². The highest BCUT2D eigenvalue weighted by Gasteiger charge is 2.37. The molecule has 163 valence electrons. The molecule has 3 amide bonds. The van der Waals surface area contributed by atoms with Crippen LogP contribution >= 0.6 is 0 Å². The Balaban J connectivity index is 2.74. The summed E-state index contributed by atoms with van der Waals surface area (Å²) < 4.78 is 0. The fourth-order valence-corrected chi connectivity index (χ4v) is 3.09. The van der Waals surface area contributed by atoms with E-state index in [-0.39, 0.29) is 24.7 Å². The molecule has 0 aliphatic carbocycles. The van der Waals surface area contributed by atoms with Gasteiger partial charge in [-0.15, -0.1) is 0 Å². The van der Waals surface area contributed by atoms with Gasteiger partial charge in [-0.05, 0) is 32.1 Å². The molecule has 0 spiro atoms. The van der Waals surface area contributed by atoms with E-state index >= 15 is 0 Å². The maximum atomic E-state index is 12.9. The number of carboxylic acids is 1. The zero-order chi connectivity index (χ0) is 22.1. The lowest BCUT2D eigenvalue weighted by Gasteiger charge is -2.30. The molecule has 1 radical (unpaired) electrons. The number of hydrogen-bond acceptors (Lipinski definition) is 6. The van der Waals surface area contributed by atoms with E-state index in [2.05, 4.69) is 10.6 Å². The quantitative estimate of drug-likeness (QED) is 0.350. The molecular formula is C19H31N4O6. The summed E-state index contributed by atoms with van der Waals surface area (Å²) in [5.41, 5.74) is 5.64. The molecule has 5 N–H and O–H groups in total. The van der Waals surface area contributed by atoms with E-state index in [1.807, 2.05) is 20.1 Å². The van der Waals surface area contributed by atoms with Gasteiger partial charge in [-0.25, -0.2) is 0 Å². The number of aliphatic carboxylic acids is 1. The van der Waals surface area contributed by atoms with Crippen LogP contribution in [-0.4, -0.2) is 70.7 Å². The van der Waals surface area contributed by atoms with Crippen LogP contribution in [0.2, 0.25) is 0 Å². The third kappa shape index (κ3) is 7.12. The maximum Gasteiger partial charge on any atom is 0.303 e. The molecule has 0 saturated carbocycles. The van der Waals surface area contributed by atoms with Crippen molar-refractivity contribution in [3.8, 4) is 0 Å². The molecule has 1 saturated heterocycles. The molecule has 29 heavy (non-hydrogen) atoms. The van der Waals surface area contributed by atoms with Gasteiger partial charge in [-0.2, -0.15) is 0 Å². The van der Waals surface area contributed by atoms with Crippen LogP contribution in [0.15, 0.2) is 0 Å². The van der Waals surface area contributed by atoms with Crippen LogP contribution in [0.1, 0.15) is 52.9 Å². The summed E-state index contributed by atoms with van der Waals surface area (Å²) in [5, 5.41) is 13.8. The van der Waals surface area contributed by atoms with E-state index in [1.54, 1.807) is 0 Å². The van der Waals surface area contributed by atoms with Gasteiger partial charge in [0.2, 0.25) is 24.0 Å². The highest BCUT2D eigenvalue weighted by Crippen LogP contribution is 2.20. The van der Waals surface area contributed by atoms with Crippen molar-refractivity contribution in [2.45, 2.75) is 77.0 Å². The zero-order valence-corrected chi connectivity index (χ0v) is 17.1. The molecule has 10 heteroatoms. The first-order valence-corrected chi connectivity index (χ1v) is 9.88. The first kappa shape index (κ1) is 24.5. The first-order valence-electron chi connectivity index (χ1n) is 9.88. The van der Waals surface area contributed by atoms with E-state index in [0.717, 1.165) is 0 Å². The van der Waals surface area contributed by atoms with Crippen LogP contribution in [0.3, 0.4) is 0 Å². The molecule has 1 aliphatic heterocycles. The first-order chi connectivity index (χ1) is 13.6. The number of nitrogens with two attached hydrogens (primary N) is 1. The Morgan fingerprint density at radius 2 is 1.86 bits per heavy atom. The van der Waals surface area contributed by atoms with E-state index in [1.165, 1.54) is 11.8 Å². The number of carboxylic acid groups (broad SMARTS) is 1. The standard InChI is InChI=1S/C19H31N4O6/c1-4-11(2)16(19(29)23-9-5-6-13(23)10-24)22-17(27)12(3)21-18(28)14(20)7-8-15(25)26/h11-14,16H,4-9,20H2,1-3H3,(H,21,28)(H,22,27)(H,25,26)/t11-,12-,13-,14-,16-/m0/s1. The minimum Gasteiger partial charge on any atom is -0.481 e. The van der Waals surface area contributed by atoms with Crippen LogP contribution in [0, 0.1) is 5.92 Å². The zero-order valence-electron chi connectivity index (χ0n) is 17.1. The van der Waals surface area contributed by atoms with Crippen LogP contribution < -0.4 is 16.4 Å². The topological polar surface area (TPSA) is 159 Å². The van der Waals surface area contributed by atoms with E-state index < -0.39 is 42.0 Å². The average Bonchev–Trinajstić information content (AvgIpc) is 3.17. The third-order valence-electron chi connectivity index (χ3n) is 5.21. The molecule has 1 aliphatic rings. The Bertz CT molecular complexity index is 626. The van der Waals surface area contributed by atoms with Gasteiger partial charge >= 0.3 is 5.97 Å². The number of carbonyl (C=O) groups is 4. The number of carbonyl (C=O) groups excluding carboxylic acids is 4. The maximum absolute atomic E-state index is 12.9. The lowest BCUT2D eigenvalue weighted by molar-refractivity contribution is -0.138. The summed E-state index contributed by atoms with van der Waals surface area (Å²) in [4.78, 5) is 60.6. The van der Waals surface area contributed by atoms with Crippen LogP contribution in [-0.2, 0) is 24.0 Å². The summed E-state index contributed by atoms with van der Waals surface area (Å²) in [6.45, 7) is 5.60. The third-order valence-corrected chi connectivity index (χ3v) is 5.21. The summed E-state index contributed by atoms with van der Waals surface area (Å²) in [6.07, 6.45) is 3.44. The Labute approximate surface area is 170 Å². The number of nitrogens with zero attached hydrogens (tertiary/aromatic N) is 1. The second-order valence-electron chi connectivity index (χ2n) is 7.45. The monoisotopic (exact) mass is 411 g/mol. The predicted molar refractivity (Wildman–Crippen MR) is 104 cm³/mol. The summed E-state index contributed by atoms with van der Waals surface area (Å²) in [5.74, 6) is -2.79. The summed E-state index contributed by atoms with van der Waals surface area (Å²) >= 11 is 0. The van der Waals surface area contributed by atoms with Crippen molar-refractivity contribution >= 4 is 30.0 Å². The number of nitrogens with one attached hydrogen (secondary N) is 2. The SMILES string of the molecule is CC[C@H](C)[C@H](NC(=O)[C@H](C)NC(=O)[C@@H](N)CCC(=O)O)C(=O)N1CCC[C@H]1[C]=O. The number of amides is 3. The highest BCUT2D eigenvalue weighted by atomic mass is 16.4. The predicted octanol–water partition coefficient (Wildman–Crippen LogP) is -0.685. The molecule has 0 aromatic carbocycles.